The highest BCUT2D eigenvalue weighted by molar-refractivity contribution is 7.13. The third kappa shape index (κ3) is 2.50. The Hall–Kier alpha value is -2.34. The lowest BCUT2D eigenvalue weighted by Crippen LogP contribution is -2.05. The maximum Gasteiger partial charge on any atom is 0.355 e. The molecule has 0 saturated heterocycles. The molecule has 0 spiro atoms. The second kappa shape index (κ2) is 5.34. The fourth-order valence-electron chi connectivity index (χ4n) is 2.10. The molecule has 0 saturated carbocycles. The Kier molecular flexibility index (Phi) is 3.39. The van der Waals surface area contributed by atoms with Gasteiger partial charge in [-0.25, -0.2) is 9.78 Å². The fourth-order valence-corrected chi connectivity index (χ4v) is 2.81. The monoisotopic (exact) mass is 287 g/mol. The van der Waals surface area contributed by atoms with Crippen LogP contribution in [0.5, 0.6) is 0 Å². The molecule has 3 aromatic rings. The van der Waals surface area contributed by atoms with Gasteiger partial charge in [-0.05, 0) is 18.1 Å². The van der Waals surface area contributed by atoms with E-state index in [4.69, 9.17) is 5.11 Å². The van der Waals surface area contributed by atoms with Crippen LogP contribution in [0.3, 0.4) is 0 Å². The van der Waals surface area contributed by atoms with Gasteiger partial charge in [-0.15, -0.1) is 11.3 Å². The first-order valence-corrected chi connectivity index (χ1v) is 7.09. The molecule has 2 heterocycles. The fraction of sp³-hybridized carbons (Fsp3) is 0.143. The Morgan fingerprint density at radius 3 is 3.05 bits per heavy atom. The summed E-state index contributed by atoms with van der Waals surface area (Å²) in [5, 5.41) is 15.4. The van der Waals surface area contributed by atoms with Crippen molar-refractivity contribution in [3.63, 3.8) is 0 Å². The van der Waals surface area contributed by atoms with Crippen LogP contribution in [-0.2, 0) is 6.42 Å². The van der Waals surface area contributed by atoms with Gasteiger partial charge in [0.15, 0.2) is 10.8 Å². The molecular weight excluding hydrogens is 274 g/mol. The average Bonchev–Trinajstić information content (AvgIpc) is 3.06. The third-order valence-corrected chi connectivity index (χ3v) is 3.87. The number of hydrogen-bond donors (Lipinski definition) is 3. The number of nitrogens with one attached hydrogen (secondary N) is 2. The van der Waals surface area contributed by atoms with Crippen LogP contribution in [0.4, 0.5) is 5.13 Å². The van der Waals surface area contributed by atoms with Gasteiger partial charge in [0, 0.05) is 29.0 Å². The SMILES string of the molecule is O=C(O)c1csc(NCCc2c[nH]c3ccccc23)n1. The van der Waals surface area contributed by atoms with Crippen molar-refractivity contribution in [3.05, 3.63) is 47.1 Å². The number of carboxylic acids is 1. The number of thiazole rings is 1. The standard InChI is InChI=1S/C14H13N3O2S/c18-13(19)12-8-20-14(17-12)15-6-5-9-7-16-11-4-2-1-3-10(9)11/h1-4,7-8,16H,5-6H2,(H,15,17)(H,18,19). The maximum atomic E-state index is 10.7. The molecule has 3 N–H and O–H groups in total. The number of carbonyl (C=O) groups is 1. The molecule has 0 radical (unpaired) electrons. The Morgan fingerprint density at radius 1 is 1.40 bits per heavy atom. The van der Waals surface area contributed by atoms with E-state index >= 15 is 0 Å². The summed E-state index contributed by atoms with van der Waals surface area (Å²) < 4.78 is 0. The molecule has 1 aromatic carbocycles. The Labute approximate surface area is 119 Å². The van der Waals surface area contributed by atoms with E-state index in [0.717, 1.165) is 11.9 Å². The van der Waals surface area contributed by atoms with E-state index in [-0.39, 0.29) is 5.69 Å². The zero-order chi connectivity index (χ0) is 13.9. The molecular formula is C14H13N3O2S. The number of rotatable bonds is 5. The molecule has 2 aromatic heterocycles. The van der Waals surface area contributed by atoms with E-state index in [2.05, 4.69) is 21.4 Å². The molecule has 6 heteroatoms. The molecule has 0 aliphatic rings. The van der Waals surface area contributed by atoms with Gasteiger partial charge >= 0.3 is 5.97 Å². The van der Waals surface area contributed by atoms with E-state index in [1.54, 1.807) is 0 Å². The lowest BCUT2D eigenvalue weighted by molar-refractivity contribution is 0.0691. The zero-order valence-corrected chi connectivity index (χ0v) is 11.4. The summed E-state index contributed by atoms with van der Waals surface area (Å²) in [7, 11) is 0. The summed E-state index contributed by atoms with van der Waals surface area (Å²) in [5.41, 5.74) is 2.46. The minimum atomic E-state index is -0.995. The minimum absolute atomic E-state index is 0.0876. The number of carboxylic acid groups (broad SMARTS) is 1. The van der Waals surface area contributed by atoms with E-state index in [9.17, 15) is 4.79 Å². The molecule has 5 nitrogen and oxygen atoms in total. The van der Waals surface area contributed by atoms with Crippen LogP contribution < -0.4 is 5.32 Å². The van der Waals surface area contributed by atoms with Crippen molar-refractivity contribution >= 4 is 33.3 Å². The highest BCUT2D eigenvalue weighted by Crippen LogP contribution is 2.19. The molecule has 0 bridgehead atoms. The first-order chi connectivity index (χ1) is 9.74. The number of para-hydroxylation sites is 1. The summed E-state index contributed by atoms with van der Waals surface area (Å²) in [6.45, 7) is 0.717. The number of aromatic carboxylic acids is 1. The van der Waals surface area contributed by atoms with E-state index in [0.29, 0.717) is 11.7 Å². The number of anilines is 1. The Balaban J connectivity index is 1.63. The van der Waals surface area contributed by atoms with Gasteiger partial charge in [-0.1, -0.05) is 18.2 Å². The van der Waals surface area contributed by atoms with E-state index in [1.807, 2.05) is 24.4 Å². The molecule has 102 valence electrons. The smallest absolute Gasteiger partial charge is 0.355 e. The van der Waals surface area contributed by atoms with Crippen molar-refractivity contribution in [1.29, 1.82) is 0 Å². The number of nitrogens with zero attached hydrogens (tertiary/aromatic N) is 1. The van der Waals surface area contributed by atoms with Gasteiger partial charge in [0.1, 0.15) is 0 Å². The van der Waals surface area contributed by atoms with Crippen LogP contribution in [-0.4, -0.2) is 27.6 Å². The second-order valence-corrected chi connectivity index (χ2v) is 5.24. The van der Waals surface area contributed by atoms with Crippen molar-refractivity contribution in [2.75, 3.05) is 11.9 Å². The van der Waals surface area contributed by atoms with Crippen molar-refractivity contribution < 1.29 is 9.90 Å². The maximum absolute atomic E-state index is 10.7. The Morgan fingerprint density at radius 2 is 2.25 bits per heavy atom. The molecule has 20 heavy (non-hydrogen) atoms. The number of aromatic nitrogens is 2. The molecule has 0 aliphatic heterocycles. The molecule has 0 unspecified atom stereocenters. The van der Waals surface area contributed by atoms with Crippen LogP contribution >= 0.6 is 11.3 Å². The lowest BCUT2D eigenvalue weighted by atomic mass is 10.1. The van der Waals surface area contributed by atoms with Crippen molar-refractivity contribution in [3.8, 4) is 0 Å². The van der Waals surface area contributed by atoms with Crippen molar-refractivity contribution in [2.45, 2.75) is 6.42 Å². The quantitative estimate of drug-likeness (QED) is 0.674. The largest absolute Gasteiger partial charge is 0.476 e. The molecule has 0 fully saturated rings. The van der Waals surface area contributed by atoms with Crippen LogP contribution in [0.25, 0.3) is 10.9 Å². The highest BCUT2D eigenvalue weighted by atomic mass is 32.1. The number of hydrogen-bond acceptors (Lipinski definition) is 4. The van der Waals surface area contributed by atoms with E-state index in [1.165, 1.54) is 27.7 Å². The van der Waals surface area contributed by atoms with Crippen molar-refractivity contribution in [1.82, 2.24) is 9.97 Å². The zero-order valence-electron chi connectivity index (χ0n) is 10.6. The number of aromatic amines is 1. The summed E-state index contributed by atoms with van der Waals surface area (Å²) in [6, 6.07) is 8.16. The second-order valence-electron chi connectivity index (χ2n) is 4.38. The number of H-pyrrole nitrogens is 1. The Bertz CT molecular complexity index is 748. The average molecular weight is 287 g/mol. The molecule has 3 rings (SSSR count). The molecule has 0 amide bonds. The summed E-state index contributed by atoms with van der Waals surface area (Å²) in [6.07, 6.45) is 2.86. The summed E-state index contributed by atoms with van der Waals surface area (Å²) >= 11 is 1.31. The van der Waals surface area contributed by atoms with Gasteiger partial charge in [-0.3, -0.25) is 0 Å². The number of fused-ring (bicyclic) bond motifs is 1. The predicted molar refractivity (Wildman–Crippen MR) is 79.6 cm³/mol. The van der Waals surface area contributed by atoms with Crippen molar-refractivity contribution in [2.24, 2.45) is 0 Å². The van der Waals surface area contributed by atoms with Gasteiger partial charge < -0.3 is 15.4 Å². The first-order valence-electron chi connectivity index (χ1n) is 6.22. The van der Waals surface area contributed by atoms with Gasteiger partial charge in [0.2, 0.25) is 0 Å². The van der Waals surface area contributed by atoms with Crippen LogP contribution in [0.2, 0.25) is 0 Å². The molecule has 0 atom stereocenters. The third-order valence-electron chi connectivity index (χ3n) is 3.07. The van der Waals surface area contributed by atoms with Gasteiger partial charge in [-0.2, -0.15) is 0 Å². The van der Waals surface area contributed by atoms with Crippen LogP contribution in [0.1, 0.15) is 16.1 Å². The summed E-state index contributed by atoms with van der Waals surface area (Å²) in [5.74, 6) is -0.995. The predicted octanol–water partition coefficient (Wildman–Crippen LogP) is 2.98. The first kappa shape index (κ1) is 12.7. The van der Waals surface area contributed by atoms with E-state index < -0.39 is 5.97 Å². The van der Waals surface area contributed by atoms with Crippen LogP contribution in [0, 0.1) is 0 Å². The summed E-state index contributed by atoms with van der Waals surface area (Å²) in [4.78, 5) is 18.0. The normalized spacial score (nSPS) is 10.8. The highest BCUT2D eigenvalue weighted by Gasteiger charge is 2.08. The minimum Gasteiger partial charge on any atom is -0.476 e. The molecule has 0 aliphatic carbocycles. The van der Waals surface area contributed by atoms with Gasteiger partial charge in [0.05, 0.1) is 0 Å². The topological polar surface area (TPSA) is 78.0 Å². The number of benzene rings is 1. The lowest BCUT2D eigenvalue weighted by Gasteiger charge is -2.01. The van der Waals surface area contributed by atoms with Gasteiger partial charge in [0.25, 0.3) is 0 Å². The van der Waals surface area contributed by atoms with Crippen LogP contribution in [0.15, 0.2) is 35.8 Å².